The maximum atomic E-state index is 12.9. The molecule has 2 aromatic heterocycles. The Morgan fingerprint density at radius 1 is 0.974 bits per heavy atom. The van der Waals surface area contributed by atoms with Crippen LogP contribution in [0.4, 0.5) is 10.8 Å². The van der Waals surface area contributed by atoms with Gasteiger partial charge in [0, 0.05) is 37.2 Å². The van der Waals surface area contributed by atoms with Crippen LogP contribution in [0.1, 0.15) is 59.2 Å². The van der Waals surface area contributed by atoms with Gasteiger partial charge in [0.1, 0.15) is 11.4 Å². The molecule has 0 aliphatic carbocycles. The molecule has 0 fully saturated rings. The van der Waals surface area contributed by atoms with E-state index in [9.17, 15) is 4.79 Å². The lowest BCUT2D eigenvalue weighted by Gasteiger charge is -2.26. The number of carbonyl (C=O) groups is 1. The molecule has 0 radical (unpaired) electrons. The van der Waals surface area contributed by atoms with Gasteiger partial charge in [-0.2, -0.15) is 0 Å². The minimum atomic E-state index is -0.470. The first-order valence-corrected chi connectivity index (χ1v) is 14.1. The van der Waals surface area contributed by atoms with Crippen molar-refractivity contribution in [2.75, 3.05) is 18.9 Å². The summed E-state index contributed by atoms with van der Waals surface area (Å²) in [6, 6.07) is 22.1. The predicted octanol–water partition coefficient (Wildman–Crippen LogP) is 8.18. The number of pyridine rings is 1. The number of hydrogen-bond acceptors (Lipinski definition) is 6. The zero-order valence-corrected chi connectivity index (χ0v) is 24.7. The highest BCUT2D eigenvalue weighted by atomic mass is 32.1. The smallest absolute Gasteiger partial charge is 0.243 e. The van der Waals surface area contributed by atoms with Gasteiger partial charge in [0.2, 0.25) is 11.8 Å². The Bertz CT molecular complexity index is 1420. The fourth-order valence-corrected chi connectivity index (χ4v) is 5.52. The standard InChI is InChI=1S/C32H38N4O2S/c1-8-36(7)26(37)21-32(5,6)28-27(22-15-10-9-11-16-22)39-30(35-28)34-24-18-14-20-33-29(24)38-25-19-13-12-17-23(25)31(2,3)4/h9-20H,8,21H2,1-7H3,(H,34,35). The molecule has 4 rings (SSSR count). The van der Waals surface area contributed by atoms with Gasteiger partial charge in [0.25, 0.3) is 0 Å². The van der Waals surface area contributed by atoms with Crippen molar-refractivity contribution < 1.29 is 9.53 Å². The van der Waals surface area contributed by atoms with Crippen molar-refractivity contribution in [3.8, 4) is 22.1 Å². The highest BCUT2D eigenvalue weighted by Crippen LogP contribution is 2.43. The van der Waals surface area contributed by atoms with Gasteiger partial charge in [0.15, 0.2) is 5.13 Å². The van der Waals surface area contributed by atoms with E-state index in [4.69, 9.17) is 9.72 Å². The van der Waals surface area contributed by atoms with E-state index in [1.807, 2.05) is 62.5 Å². The Labute approximate surface area is 236 Å². The van der Waals surface area contributed by atoms with Crippen LogP contribution in [0.5, 0.6) is 11.6 Å². The molecule has 0 saturated carbocycles. The van der Waals surface area contributed by atoms with Crippen molar-refractivity contribution in [2.45, 2.75) is 58.8 Å². The van der Waals surface area contributed by atoms with Crippen molar-refractivity contribution in [3.63, 3.8) is 0 Å². The molecule has 1 amide bonds. The lowest BCUT2D eigenvalue weighted by Crippen LogP contribution is -2.33. The SMILES string of the molecule is CCN(C)C(=O)CC(C)(C)c1nc(Nc2cccnc2Oc2ccccc2C(C)(C)C)sc1-c1ccccc1. The molecule has 0 aliphatic rings. The van der Waals surface area contributed by atoms with Crippen LogP contribution in [-0.4, -0.2) is 34.4 Å². The third-order valence-electron chi connectivity index (χ3n) is 6.71. The van der Waals surface area contributed by atoms with E-state index in [0.29, 0.717) is 18.8 Å². The minimum absolute atomic E-state index is 0.0807. The lowest BCUT2D eigenvalue weighted by molar-refractivity contribution is -0.130. The van der Waals surface area contributed by atoms with E-state index in [2.05, 4.69) is 63.1 Å². The third-order valence-corrected chi connectivity index (χ3v) is 7.73. The average Bonchev–Trinajstić information content (AvgIpc) is 3.34. The molecule has 0 saturated heterocycles. The first-order chi connectivity index (χ1) is 18.5. The maximum Gasteiger partial charge on any atom is 0.243 e. The Hall–Kier alpha value is -3.71. The third kappa shape index (κ3) is 6.66. The van der Waals surface area contributed by atoms with Crippen molar-refractivity contribution >= 4 is 28.1 Å². The summed E-state index contributed by atoms with van der Waals surface area (Å²) in [4.78, 5) is 25.3. The van der Waals surface area contributed by atoms with E-state index in [-0.39, 0.29) is 11.3 Å². The summed E-state index contributed by atoms with van der Waals surface area (Å²) in [5, 5.41) is 4.18. The second kappa shape index (κ2) is 11.6. The van der Waals surface area contributed by atoms with E-state index in [1.54, 1.807) is 22.4 Å². The number of para-hydroxylation sites is 1. The Morgan fingerprint density at radius 3 is 2.36 bits per heavy atom. The molecule has 7 heteroatoms. The van der Waals surface area contributed by atoms with Crippen molar-refractivity contribution in [3.05, 3.63) is 84.2 Å². The van der Waals surface area contributed by atoms with E-state index in [1.165, 1.54) is 0 Å². The summed E-state index contributed by atoms with van der Waals surface area (Å²) in [5.74, 6) is 1.35. The maximum absolute atomic E-state index is 12.9. The van der Waals surface area contributed by atoms with Crippen molar-refractivity contribution in [1.29, 1.82) is 0 Å². The Balaban J connectivity index is 1.71. The molecule has 1 N–H and O–H groups in total. The van der Waals surface area contributed by atoms with Gasteiger partial charge in [-0.05, 0) is 36.1 Å². The predicted molar refractivity (Wildman–Crippen MR) is 161 cm³/mol. The van der Waals surface area contributed by atoms with Gasteiger partial charge in [0.05, 0.1) is 10.6 Å². The highest BCUT2D eigenvalue weighted by molar-refractivity contribution is 7.19. The Kier molecular flexibility index (Phi) is 8.40. The summed E-state index contributed by atoms with van der Waals surface area (Å²) in [6.45, 7) is 13.3. The zero-order chi connectivity index (χ0) is 28.2. The largest absolute Gasteiger partial charge is 0.437 e. The van der Waals surface area contributed by atoms with Crippen molar-refractivity contribution in [2.24, 2.45) is 0 Å². The summed E-state index contributed by atoms with van der Waals surface area (Å²) < 4.78 is 6.37. The summed E-state index contributed by atoms with van der Waals surface area (Å²) in [6.07, 6.45) is 2.09. The molecular formula is C32H38N4O2S. The number of hydrogen-bond donors (Lipinski definition) is 1. The number of nitrogens with one attached hydrogen (secondary N) is 1. The molecule has 0 spiro atoms. The molecule has 0 bridgehead atoms. The van der Waals surface area contributed by atoms with Crippen LogP contribution in [0.3, 0.4) is 0 Å². The topological polar surface area (TPSA) is 67.4 Å². The number of ether oxygens (including phenoxy) is 1. The molecule has 2 heterocycles. The number of thiazole rings is 1. The lowest BCUT2D eigenvalue weighted by atomic mass is 9.83. The van der Waals surface area contributed by atoms with Gasteiger partial charge in [-0.15, -0.1) is 0 Å². The van der Waals surface area contributed by atoms with Crippen LogP contribution >= 0.6 is 11.3 Å². The number of benzene rings is 2. The van der Waals surface area contributed by atoms with Gasteiger partial charge < -0.3 is 15.0 Å². The fourth-order valence-electron chi connectivity index (χ4n) is 4.35. The van der Waals surface area contributed by atoms with E-state index in [0.717, 1.165) is 38.3 Å². The first-order valence-electron chi connectivity index (χ1n) is 13.3. The molecule has 39 heavy (non-hydrogen) atoms. The molecule has 204 valence electrons. The van der Waals surface area contributed by atoms with Crippen LogP contribution in [0, 0.1) is 0 Å². The molecule has 2 aromatic carbocycles. The zero-order valence-electron chi connectivity index (χ0n) is 23.9. The van der Waals surface area contributed by atoms with E-state index >= 15 is 0 Å². The number of nitrogens with zero attached hydrogens (tertiary/aromatic N) is 3. The molecule has 6 nitrogen and oxygen atoms in total. The van der Waals surface area contributed by atoms with Crippen LogP contribution < -0.4 is 10.1 Å². The molecule has 0 aliphatic heterocycles. The molecule has 4 aromatic rings. The van der Waals surface area contributed by atoms with Crippen LogP contribution in [-0.2, 0) is 15.6 Å². The second-order valence-electron chi connectivity index (χ2n) is 11.4. The number of aromatic nitrogens is 2. The van der Waals surface area contributed by atoms with Gasteiger partial charge >= 0.3 is 0 Å². The van der Waals surface area contributed by atoms with Crippen LogP contribution in [0.2, 0.25) is 0 Å². The van der Waals surface area contributed by atoms with Gasteiger partial charge in [-0.25, -0.2) is 9.97 Å². The monoisotopic (exact) mass is 542 g/mol. The highest BCUT2D eigenvalue weighted by Gasteiger charge is 2.32. The minimum Gasteiger partial charge on any atom is -0.437 e. The molecule has 0 atom stereocenters. The quantitative estimate of drug-likeness (QED) is 0.231. The number of rotatable bonds is 9. The number of carbonyl (C=O) groups excluding carboxylic acids is 1. The number of anilines is 2. The summed E-state index contributed by atoms with van der Waals surface area (Å²) in [7, 11) is 1.84. The van der Waals surface area contributed by atoms with E-state index < -0.39 is 5.41 Å². The van der Waals surface area contributed by atoms with Crippen molar-refractivity contribution in [1.82, 2.24) is 14.9 Å². The van der Waals surface area contributed by atoms with Gasteiger partial charge in [-0.3, -0.25) is 4.79 Å². The second-order valence-corrected chi connectivity index (χ2v) is 12.4. The normalized spacial score (nSPS) is 11.8. The molecular weight excluding hydrogens is 504 g/mol. The first kappa shape index (κ1) is 28.3. The van der Waals surface area contributed by atoms with Crippen LogP contribution in [0.15, 0.2) is 72.9 Å². The summed E-state index contributed by atoms with van der Waals surface area (Å²) in [5.41, 5.74) is 3.24. The van der Waals surface area contributed by atoms with Crippen LogP contribution in [0.25, 0.3) is 10.4 Å². The van der Waals surface area contributed by atoms with Gasteiger partial charge in [-0.1, -0.05) is 94.5 Å². The summed E-state index contributed by atoms with van der Waals surface area (Å²) >= 11 is 1.57. The Morgan fingerprint density at radius 2 is 1.67 bits per heavy atom. The number of amides is 1. The molecule has 0 unspecified atom stereocenters. The average molecular weight is 543 g/mol. The fraction of sp³-hybridized carbons (Fsp3) is 0.344.